The first-order chi connectivity index (χ1) is 12.9. The van der Waals surface area contributed by atoms with Crippen molar-refractivity contribution in [1.29, 1.82) is 0 Å². The summed E-state index contributed by atoms with van der Waals surface area (Å²) in [7, 11) is -1.34. The first kappa shape index (κ1) is 25.8. The number of nitrogens with zero attached hydrogens (tertiary/aromatic N) is 2. The van der Waals surface area contributed by atoms with Crippen LogP contribution in [0.2, 0.25) is 5.02 Å². The van der Waals surface area contributed by atoms with Gasteiger partial charge in [0.1, 0.15) is 0 Å². The summed E-state index contributed by atoms with van der Waals surface area (Å²) in [6.45, 7) is 3.53. The topological polar surface area (TPSA) is 73.8 Å². The maximum Gasteiger partial charge on any atom is 0.213 e. The minimum Gasteiger partial charge on any atom is -0.355 e. The van der Waals surface area contributed by atoms with Crippen molar-refractivity contribution in [2.24, 2.45) is 4.99 Å². The first-order valence-corrected chi connectivity index (χ1v) is 12.4. The van der Waals surface area contributed by atoms with Crippen LogP contribution < -0.4 is 10.6 Å². The van der Waals surface area contributed by atoms with E-state index in [0.29, 0.717) is 13.1 Å². The minimum absolute atomic E-state index is 0. The molecule has 28 heavy (non-hydrogen) atoms. The zero-order valence-corrected chi connectivity index (χ0v) is 21.2. The average Bonchev–Trinajstić information content (AvgIpc) is 2.68. The number of hydrogen-bond donors (Lipinski definition) is 2. The van der Waals surface area contributed by atoms with Crippen LogP contribution in [0.4, 0.5) is 0 Å². The molecule has 1 atom stereocenters. The highest BCUT2D eigenvalue weighted by Gasteiger charge is 2.27. The predicted molar refractivity (Wildman–Crippen MR) is 132 cm³/mol. The van der Waals surface area contributed by atoms with Gasteiger partial charge in [0, 0.05) is 43.0 Å². The lowest BCUT2D eigenvalue weighted by Crippen LogP contribution is -2.50. The number of halogens is 2. The minimum atomic E-state index is -3.09. The van der Waals surface area contributed by atoms with Crippen LogP contribution in [0.25, 0.3) is 0 Å². The molecule has 6 nitrogen and oxygen atoms in total. The molecular weight excluding hydrogens is 531 g/mol. The second-order valence-corrected chi connectivity index (χ2v) is 10.2. The molecule has 0 bridgehead atoms. The van der Waals surface area contributed by atoms with Crippen LogP contribution in [0.5, 0.6) is 0 Å². The Morgan fingerprint density at radius 3 is 2.61 bits per heavy atom. The average molecular weight is 561 g/mol. The zero-order chi connectivity index (χ0) is 19.9. The summed E-state index contributed by atoms with van der Waals surface area (Å²) in [5.74, 6) is 0.904. The number of sulfonamides is 1. The van der Waals surface area contributed by atoms with Gasteiger partial charge < -0.3 is 10.6 Å². The fourth-order valence-electron chi connectivity index (χ4n) is 3.08. The summed E-state index contributed by atoms with van der Waals surface area (Å²) < 4.78 is 25.5. The van der Waals surface area contributed by atoms with Gasteiger partial charge in [-0.15, -0.1) is 24.0 Å². The third-order valence-electron chi connectivity index (χ3n) is 4.74. The summed E-state index contributed by atoms with van der Waals surface area (Å²) >= 11 is 7.86. The van der Waals surface area contributed by atoms with Crippen LogP contribution in [0.15, 0.2) is 29.3 Å². The quantitative estimate of drug-likeness (QED) is 0.304. The molecule has 0 saturated carbocycles. The summed E-state index contributed by atoms with van der Waals surface area (Å²) in [6.07, 6.45) is 3.63. The number of nitrogens with one attached hydrogen (secondary N) is 2. The van der Waals surface area contributed by atoms with Crippen LogP contribution in [0.1, 0.15) is 30.6 Å². The fourth-order valence-corrected chi connectivity index (χ4v) is 5.08. The molecule has 1 unspecified atom stereocenters. The molecule has 1 fully saturated rings. The van der Waals surface area contributed by atoms with Crippen molar-refractivity contribution in [1.82, 2.24) is 14.9 Å². The van der Waals surface area contributed by atoms with Crippen LogP contribution in [-0.4, -0.2) is 63.4 Å². The number of piperidine rings is 1. The molecule has 1 saturated heterocycles. The van der Waals surface area contributed by atoms with E-state index in [9.17, 15) is 8.42 Å². The number of guanidine groups is 1. The van der Waals surface area contributed by atoms with Crippen molar-refractivity contribution >= 4 is 63.3 Å². The normalized spacial score (nSPS) is 17.6. The Morgan fingerprint density at radius 1 is 1.39 bits per heavy atom. The number of benzene rings is 1. The predicted octanol–water partition coefficient (Wildman–Crippen LogP) is 3.34. The molecular formula is C18H30ClIN4O2S2. The Labute approximate surface area is 195 Å². The third kappa shape index (κ3) is 7.55. The number of hydrogen-bond acceptors (Lipinski definition) is 4. The summed E-state index contributed by atoms with van der Waals surface area (Å²) in [5, 5.41) is 7.80. The molecule has 1 aliphatic heterocycles. The van der Waals surface area contributed by atoms with Gasteiger partial charge in [-0.05, 0) is 43.7 Å². The lowest BCUT2D eigenvalue weighted by molar-refractivity contribution is 0.306. The lowest BCUT2D eigenvalue weighted by Gasteiger charge is -2.32. The Kier molecular flexibility index (Phi) is 11.5. The second-order valence-electron chi connectivity index (χ2n) is 6.45. The maximum atomic E-state index is 12.0. The van der Waals surface area contributed by atoms with Crippen LogP contribution in [-0.2, 0) is 10.0 Å². The van der Waals surface area contributed by atoms with Gasteiger partial charge in [0.05, 0.1) is 5.75 Å². The van der Waals surface area contributed by atoms with Crippen molar-refractivity contribution < 1.29 is 8.42 Å². The van der Waals surface area contributed by atoms with Gasteiger partial charge in [-0.25, -0.2) is 12.7 Å². The first-order valence-electron chi connectivity index (χ1n) is 9.12. The van der Waals surface area contributed by atoms with Crippen molar-refractivity contribution in [2.75, 3.05) is 38.7 Å². The van der Waals surface area contributed by atoms with E-state index in [1.807, 2.05) is 18.2 Å². The highest BCUT2D eigenvalue weighted by Crippen LogP contribution is 2.27. The van der Waals surface area contributed by atoms with E-state index in [2.05, 4.69) is 27.9 Å². The highest BCUT2D eigenvalue weighted by atomic mass is 127. The third-order valence-corrected chi connectivity index (χ3v) is 7.86. The number of thioether (sulfide) groups is 1. The van der Waals surface area contributed by atoms with Crippen molar-refractivity contribution in [3.63, 3.8) is 0 Å². The molecule has 0 amide bonds. The van der Waals surface area contributed by atoms with Crippen LogP contribution in [0, 0.1) is 0 Å². The van der Waals surface area contributed by atoms with E-state index in [1.54, 1.807) is 30.0 Å². The van der Waals surface area contributed by atoms with Crippen molar-refractivity contribution in [3.8, 4) is 0 Å². The van der Waals surface area contributed by atoms with E-state index in [0.717, 1.165) is 30.4 Å². The Bertz CT molecular complexity index is 741. The lowest BCUT2D eigenvalue weighted by atomic mass is 10.1. The van der Waals surface area contributed by atoms with E-state index in [4.69, 9.17) is 11.6 Å². The van der Waals surface area contributed by atoms with Crippen molar-refractivity contribution in [3.05, 3.63) is 34.9 Å². The van der Waals surface area contributed by atoms with E-state index in [-0.39, 0.29) is 41.0 Å². The van der Waals surface area contributed by atoms with Crippen LogP contribution >= 0.6 is 47.3 Å². The molecule has 2 N–H and O–H groups in total. The zero-order valence-electron chi connectivity index (χ0n) is 16.5. The van der Waals surface area contributed by atoms with Crippen LogP contribution in [0.3, 0.4) is 0 Å². The number of rotatable bonds is 7. The summed E-state index contributed by atoms with van der Waals surface area (Å²) in [5.41, 5.74) is 1.18. The SMILES string of the molecule is CCS(=O)(=O)N1CCC(NC(=NC)NCC(SC)c2cccc(Cl)c2)CC1.I. The molecule has 1 aromatic rings. The summed E-state index contributed by atoms with van der Waals surface area (Å²) in [6, 6.07) is 8.13. The molecule has 0 spiro atoms. The monoisotopic (exact) mass is 560 g/mol. The summed E-state index contributed by atoms with van der Waals surface area (Å²) in [4.78, 5) is 4.31. The molecule has 0 radical (unpaired) electrons. The molecule has 160 valence electrons. The largest absolute Gasteiger partial charge is 0.355 e. The Balaban J connectivity index is 0.00000392. The van der Waals surface area contributed by atoms with Gasteiger partial charge in [-0.2, -0.15) is 11.8 Å². The molecule has 10 heteroatoms. The van der Waals surface area contributed by atoms with Gasteiger partial charge >= 0.3 is 0 Å². The van der Waals surface area contributed by atoms with Gasteiger partial charge in [0.25, 0.3) is 0 Å². The van der Waals surface area contributed by atoms with E-state index >= 15 is 0 Å². The smallest absolute Gasteiger partial charge is 0.213 e. The van der Waals surface area contributed by atoms with Gasteiger partial charge in [0.2, 0.25) is 10.0 Å². The standard InChI is InChI=1S/C18H29ClN4O2S2.HI/c1-4-27(24,25)23-10-8-16(9-11-23)22-18(20-2)21-13-17(26-3)14-6-5-7-15(19)12-14;/h5-7,12,16-17H,4,8-11,13H2,1-3H3,(H2,20,21,22);1H. The van der Waals surface area contributed by atoms with Gasteiger partial charge in [-0.3, -0.25) is 4.99 Å². The Morgan fingerprint density at radius 2 is 2.07 bits per heavy atom. The van der Waals surface area contributed by atoms with Crippen molar-refractivity contribution in [2.45, 2.75) is 31.1 Å². The fraction of sp³-hybridized carbons (Fsp3) is 0.611. The maximum absolute atomic E-state index is 12.0. The van der Waals surface area contributed by atoms with E-state index in [1.165, 1.54) is 5.56 Å². The number of aliphatic imine (C=N–C) groups is 1. The molecule has 1 aromatic carbocycles. The second kappa shape index (κ2) is 12.5. The molecule has 1 heterocycles. The van der Waals surface area contributed by atoms with Gasteiger partial charge in [-0.1, -0.05) is 23.7 Å². The molecule has 1 aliphatic rings. The van der Waals surface area contributed by atoms with Gasteiger partial charge in [0.15, 0.2) is 5.96 Å². The molecule has 2 rings (SSSR count). The Hall–Kier alpha value is -0.230. The van der Waals surface area contributed by atoms with E-state index < -0.39 is 10.0 Å². The molecule has 0 aliphatic carbocycles. The molecule has 0 aromatic heterocycles. The highest BCUT2D eigenvalue weighted by molar-refractivity contribution is 14.0.